The highest BCUT2D eigenvalue weighted by Crippen LogP contribution is 2.33. The van der Waals surface area contributed by atoms with E-state index in [2.05, 4.69) is 35.3 Å². The molecule has 1 fully saturated rings. The molecule has 0 unspecified atom stereocenters. The van der Waals surface area contributed by atoms with E-state index in [1.54, 1.807) is 11.5 Å². The van der Waals surface area contributed by atoms with E-state index < -0.39 is 16.0 Å². The van der Waals surface area contributed by atoms with E-state index in [0.29, 0.717) is 48.8 Å². The van der Waals surface area contributed by atoms with E-state index in [9.17, 15) is 12.8 Å². The average molecular weight is 475 g/mol. The van der Waals surface area contributed by atoms with Gasteiger partial charge in [0.2, 0.25) is 10.0 Å². The molecule has 9 heteroatoms. The molecule has 1 aromatic heterocycles. The summed E-state index contributed by atoms with van der Waals surface area (Å²) in [7, 11) is -3.32. The first kappa shape index (κ1) is 23.6. The molecule has 0 spiro atoms. The van der Waals surface area contributed by atoms with Crippen molar-refractivity contribution in [2.45, 2.75) is 64.7 Å². The standard InChI is InChI=1S/C24H31FN4O3S/c1-5-17-12-18-8-11-32-21(18)13-19(17)14-22-28-23(15(2)3)24(27-16(4)25)29(22)10-9-26-33(30,31)20-6-7-20/h12-13,20,26H,2,5-11,14H2,1,3-4H3. The highest BCUT2D eigenvalue weighted by atomic mass is 32.2. The lowest BCUT2D eigenvalue weighted by molar-refractivity contribution is 0.356. The molecule has 0 amide bonds. The fourth-order valence-corrected chi connectivity index (χ4v) is 5.55. The van der Waals surface area contributed by atoms with Crippen LogP contribution >= 0.6 is 0 Å². The molecule has 33 heavy (non-hydrogen) atoms. The Morgan fingerprint density at radius 2 is 2.09 bits per heavy atom. The summed E-state index contributed by atoms with van der Waals surface area (Å²) in [5.41, 5.74) is 4.70. The van der Waals surface area contributed by atoms with Crippen LogP contribution in [0.5, 0.6) is 5.75 Å². The smallest absolute Gasteiger partial charge is 0.214 e. The van der Waals surface area contributed by atoms with Gasteiger partial charge in [0.1, 0.15) is 17.3 Å². The molecule has 1 aromatic carbocycles. The van der Waals surface area contributed by atoms with Crippen LogP contribution in [0.2, 0.25) is 0 Å². The van der Waals surface area contributed by atoms with Gasteiger partial charge in [-0.15, -0.1) is 0 Å². The molecule has 1 saturated carbocycles. The molecular formula is C24H31FN4O3S. The number of aliphatic imine (C=N–C) groups is 1. The molecule has 0 radical (unpaired) electrons. The van der Waals surface area contributed by atoms with Crippen LogP contribution in [0.3, 0.4) is 0 Å². The van der Waals surface area contributed by atoms with Crippen molar-refractivity contribution in [2.75, 3.05) is 13.2 Å². The lowest BCUT2D eigenvalue weighted by Crippen LogP contribution is -2.30. The number of rotatable bonds is 10. The van der Waals surface area contributed by atoms with Crippen LogP contribution in [-0.2, 0) is 35.8 Å². The lowest BCUT2D eigenvalue weighted by Gasteiger charge is -2.14. The van der Waals surface area contributed by atoms with Gasteiger partial charge < -0.3 is 9.30 Å². The Morgan fingerprint density at radius 3 is 2.73 bits per heavy atom. The molecule has 1 N–H and O–H groups in total. The molecule has 0 atom stereocenters. The number of fused-ring (bicyclic) bond motifs is 1. The Kier molecular flexibility index (Phi) is 6.72. The zero-order valence-electron chi connectivity index (χ0n) is 19.4. The minimum atomic E-state index is -3.32. The van der Waals surface area contributed by atoms with Crippen molar-refractivity contribution in [3.63, 3.8) is 0 Å². The van der Waals surface area contributed by atoms with Crippen molar-refractivity contribution in [1.82, 2.24) is 14.3 Å². The van der Waals surface area contributed by atoms with Crippen molar-refractivity contribution in [3.05, 3.63) is 46.9 Å². The number of aromatic nitrogens is 2. The van der Waals surface area contributed by atoms with Crippen molar-refractivity contribution >= 4 is 27.4 Å². The van der Waals surface area contributed by atoms with Gasteiger partial charge >= 0.3 is 0 Å². The number of benzene rings is 1. The van der Waals surface area contributed by atoms with Gasteiger partial charge in [-0.3, -0.25) is 0 Å². The second kappa shape index (κ2) is 9.38. The summed E-state index contributed by atoms with van der Waals surface area (Å²) >= 11 is 0. The fourth-order valence-electron chi connectivity index (χ4n) is 4.18. The van der Waals surface area contributed by atoms with Gasteiger partial charge in [0, 0.05) is 32.9 Å². The number of hydrogen-bond donors (Lipinski definition) is 1. The summed E-state index contributed by atoms with van der Waals surface area (Å²) in [5.74, 6) is 1.35. The summed E-state index contributed by atoms with van der Waals surface area (Å²) < 4.78 is 48.7. The quantitative estimate of drug-likeness (QED) is 0.525. The third-order valence-electron chi connectivity index (χ3n) is 6.03. The van der Waals surface area contributed by atoms with Crippen molar-refractivity contribution < 1.29 is 17.5 Å². The molecule has 0 saturated heterocycles. The summed E-state index contributed by atoms with van der Waals surface area (Å²) in [5, 5.41) is -0.296. The third kappa shape index (κ3) is 5.19. The Labute approximate surface area is 194 Å². The van der Waals surface area contributed by atoms with Crippen LogP contribution < -0.4 is 9.46 Å². The maximum absolute atomic E-state index is 13.9. The summed E-state index contributed by atoms with van der Waals surface area (Å²) in [6, 6.07) is 4.26. The number of nitrogens with zero attached hydrogens (tertiary/aromatic N) is 3. The molecule has 2 heterocycles. The first-order valence-electron chi connectivity index (χ1n) is 11.4. The van der Waals surface area contributed by atoms with Gasteiger partial charge in [-0.1, -0.05) is 19.6 Å². The molecule has 2 aromatic rings. The maximum atomic E-state index is 13.9. The average Bonchev–Trinajstić information content (AvgIpc) is 3.44. The second-order valence-corrected chi connectivity index (χ2v) is 10.8. The summed E-state index contributed by atoms with van der Waals surface area (Å²) in [6.45, 7) is 10.3. The highest BCUT2D eigenvalue weighted by molar-refractivity contribution is 7.90. The minimum Gasteiger partial charge on any atom is -0.493 e. The largest absolute Gasteiger partial charge is 0.493 e. The Morgan fingerprint density at radius 1 is 1.33 bits per heavy atom. The Balaban J connectivity index is 1.70. The first-order chi connectivity index (χ1) is 15.7. The summed E-state index contributed by atoms with van der Waals surface area (Å²) in [6.07, 6.45) is 3.67. The van der Waals surface area contributed by atoms with Crippen LogP contribution in [0.1, 0.15) is 61.8 Å². The van der Waals surface area contributed by atoms with Gasteiger partial charge in [-0.25, -0.2) is 23.1 Å². The van der Waals surface area contributed by atoms with Crippen molar-refractivity contribution in [1.29, 1.82) is 0 Å². The molecule has 1 aliphatic carbocycles. The van der Waals surface area contributed by atoms with Crippen LogP contribution in [0.15, 0.2) is 23.7 Å². The first-order valence-corrected chi connectivity index (χ1v) is 13.0. The van der Waals surface area contributed by atoms with Crippen molar-refractivity contribution in [3.8, 4) is 5.75 Å². The molecule has 1 aliphatic heterocycles. The molecule has 7 nitrogen and oxygen atoms in total. The second-order valence-electron chi connectivity index (χ2n) is 8.74. The predicted octanol–water partition coefficient (Wildman–Crippen LogP) is 4.11. The zero-order chi connectivity index (χ0) is 23.8. The van der Waals surface area contributed by atoms with E-state index in [1.165, 1.54) is 18.1 Å². The predicted molar refractivity (Wildman–Crippen MR) is 129 cm³/mol. The lowest BCUT2D eigenvalue weighted by atomic mass is 9.98. The van der Waals surface area contributed by atoms with Crippen molar-refractivity contribution in [2.24, 2.45) is 4.99 Å². The Hall–Kier alpha value is -2.52. The third-order valence-corrected chi connectivity index (χ3v) is 7.98. The number of imidazole rings is 1. The SMILES string of the molecule is C=C(C)c1nc(Cc2cc3c(cc2CC)CCO3)n(CCNS(=O)(=O)C2CC2)c1N=C(C)F. The normalized spacial score (nSPS) is 16.1. The van der Waals surface area contributed by atoms with E-state index in [1.807, 2.05) is 0 Å². The number of sulfonamides is 1. The van der Waals surface area contributed by atoms with Crippen LogP contribution in [0, 0.1) is 0 Å². The number of ether oxygens (including phenoxy) is 1. The van der Waals surface area contributed by atoms with Gasteiger partial charge in [0.05, 0.1) is 11.9 Å². The zero-order valence-corrected chi connectivity index (χ0v) is 20.3. The van der Waals surface area contributed by atoms with E-state index in [4.69, 9.17) is 9.72 Å². The summed E-state index contributed by atoms with van der Waals surface area (Å²) in [4.78, 5) is 8.85. The number of hydrogen-bond acceptors (Lipinski definition) is 5. The topological polar surface area (TPSA) is 85.6 Å². The number of allylic oxidation sites excluding steroid dienone is 1. The molecule has 2 aliphatic rings. The minimum absolute atomic E-state index is 0.180. The Bertz CT molecular complexity index is 1210. The van der Waals surface area contributed by atoms with E-state index in [-0.39, 0.29) is 18.3 Å². The molecular weight excluding hydrogens is 443 g/mol. The van der Waals surface area contributed by atoms with Crippen LogP contribution in [-0.4, -0.2) is 42.3 Å². The molecule has 178 valence electrons. The number of halogens is 1. The van der Waals surface area contributed by atoms with E-state index in [0.717, 1.165) is 24.2 Å². The number of aryl methyl sites for hydroxylation is 1. The van der Waals surface area contributed by atoms with Gasteiger partial charge in [-0.05, 0) is 54.5 Å². The monoisotopic (exact) mass is 474 g/mol. The van der Waals surface area contributed by atoms with Gasteiger partial charge in [-0.2, -0.15) is 4.39 Å². The molecule has 4 rings (SSSR count). The molecule has 0 bridgehead atoms. The fraction of sp³-hybridized carbons (Fsp3) is 0.500. The van der Waals surface area contributed by atoms with Crippen LogP contribution in [0.4, 0.5) is 10.2 Å². The van der Waals surface area contributed by atoms with E-state index >= 15 is 0 Å². The number of nitrogens with one attached hydrogen (secondary N) is 1. The maximum Gasteiger partial charge on any atom is 0.214 e. The van der Waals surface area contributed by atoms with Crippen LogP contribution in [0.25, 0.3) is 5.57 Å². The highest BCUT2D eigenvalue weighted by Gasteiger charge is 2.35. The van der Waals surface area contributed by atoms with Gasteiger partial charge in [0.25, 0.3) is 0 Å². The van der Waals surface area contributed by atoms with Gasteiger partial charge in [0.15, 0.2) is 11.8 Å².